The fourth-order valence-corrected chi connectivity index (χ4v) is 0.773. The quantitative estimate of drug-likeness (QED) is 0.478. The van der Waals surface area contributed by atoms with Crippen LogP contribution in [0, 0.1) is 6.42 Å². The van der Waals surface area contributed by atoms with Gasteiger partial charge in [-0.1, -0.05) is 30.3 Å². The molecule has 0 heterocycles. The highest BCUT2D eigenvalue weighted by Gasteiger charge is 1.89. The average Bonchev–Trinajstić information content (AvgIpc) is 2.07. The Bertz CT molecular complexity index is 206. The molecule has 1 rings (SSSR count). The number of carbonyl (C=O) groups is 1. The molecule has 0 aliphatic rings. The molecule has 0 amide bonds. The van der Waals surface area contributed by atoms with E-state index in [-0.39, 0.29) is 0 Å². The molecular weight excluding hydrogens is 140 g/mol. The van der Waals surface area contributed by atoms with Crippen molar-refractivity contribution in [3.05, 3.63) is 42.3 Å². The van der Waals surface area contributed by atoms with E-state index in [9.17, 15) is 4.79 Å². The van der Waals surface area contributed by atoms with Crippen LogP contribution in [0.25, 0.3) is 0 Å². The van der Waals surface area contributed by atoms with E-state index < -0.39 is 0 Å². The number of hydrogen-bond donors (Lipinski definition) is 0. The first-order chi connectivity index (χ1) is 5.43. The van der Waals surface area contributed by atoms with Crippen molar-refractivity contribution >= 4 is 6.47 Å². The number of rotatable bonds is 4. The van der Waals surface area contributed by atoms with Gasteiger partial charge in [0.25, 0.3) is 6.47 Å². The van der Waals surface area contributed by atoms with E-state index in [1.54, 1.807) is 0 Å². The minimum absolute atomic E-state index is 0.341. The smallest absolute Gasteiger partial charge is 0.293 e. The predicted molar refractivity (Wildman–Crippen MR) is 41.9 cm³/mol. The van der Waals surface area contributed by atoms with Crippen LogP contribution in [0.4, 0.5) is 0 Å². The van der Waals surface area contributed by atoms with Crippen molar-refractivity contribution < 1.29 is 9.53 Å². The van der Waals surface area contributed by atoms with Gasteiger partial charge in [0, 0.05) is 6.42 Å². The topological polar surface area (TPSA) is 26.3 Å². The molecule has 1 aromatic rings. The fraction of sp³-hybridized carbons (Fsp3) is 0.111. The molecule has 2 nitrogen and oxygen atoms in total. The second-order valence-corrected chi connectivity index (χ2v) is 2.04. The normalized spacial score (nSPS) is 9.09. The lowest BCUT2D eigenvalue weighted by Gasteiger charge is -1.97. The Balaban J connectivity index is 2.33. The van der Waals surface area contributed by atoms with Gasteiger partial charge in [0.1, 0.15) is 0 Å². The van der Waals surface area contributed by atoms with Gasteiger partial charge in [-0.25, -0.2) is 0 Å². The summed E-state index contributed by atoms with van der Waals surface area (Å²) >= 11 is 0. The van der Waals surface area contributed by atoms with Gasteiger partial charge in [-0.3, -0.25) is 4.79 Å². The van der Waals surface area contributed by atoms with Gasteiger partial charge >= 0.3 is 0 Å². The van der Waals surface area contributed by atoms with Crippen LogP contribution in [-0.4, -0.2) is 13.1 Å². The molecule has 0 aromatic heterocycles. The highest BCUT2D eigenvalue weighted by atomic mass is 16.5. The Labute approximate surface area is 65.8 Å². The number of ether oxygens (including phenoxy) is 1. The first kappa shape index (κ1) is 7.79. The van der Waals surface area contributed by atoms with Crippen molar-refractivity contribution in [2.75, 3.05) is 6.61 Å². The second kappa shape index (κ2) is 4.50. The maximum Gasteiger partial charge on any atom is 0.293 e. The first-order valence-corrected chi connectivity index (χ1v) is 3.37. The van der Waals surface area contributed by atoms with Crippen LogP contribution < -0.4 is 0 Å². The fourth-order valence-electron chi connectivity index (χ4n) is 0.773. The van der Waals surface area contributed by atoms with E-state index in [2.05, 4.69) is 4.74 Å². The molecule has 0 fully saturated rings. The number of carbonyl (C=O) groups excluding carboxylic acids is 1. The summed E-state index contributed by atoms with van der Waals surface area (Å²) < 4.78 is 4.50. The summed E-state index contributed by atoms with van der Waals surface area (Å²) in [5.41, 5.74) is 1.06. The molecule has 1 radical (unpaired) electrons. The van der Waals surface area contributed by atoms with Gasteiger partial charge in [0.15, 0.2) is 0 Å². The third kappa shape index (κ3) is 2.85. The Morgan fingerprint density at radius 3 is 2.64 bits per heavy atom. The Morgan fingerprint density at radius 2 is 2.00 bits per heavy atom. The molecule has 0 N–H and O–H groups in total. The zero-order chi connectivity index (χ0) is 7.94. The Kier molecular flexibility index (Phi) is 3.19. The van der Waals surface area contributed by atoms with Crippen LogP contribution in [0.3, 0.4) is 0 Å². The standard InChI is InChI=1S/C9H9O2/c10-8-11-7-6-9-4-2-1-3-5-9/h1-6,8H,7H2. The van der Waals surface area contributed by atoms with Crippen LogP contribution in [0.1, 0.15) is 5.56 Å². The second-order valence-electron chi connectivity index (χ2n) is 2.04. The average molecular weight is 149 g/mol. The molecule has 0 bridgehead atoms. The van der Waals surface area contributed by atoms with E-state index in [0.717, 1.165) is 5.56 Å². The first-order valence-electron chi connectivity index (χ1n) is 3.37. The van der Waals surface area contributed by atoms with Crippen molar-refractivity contribution in [2.45, 2.75) is 0 Å². The Morgan fingerprint density at radius 1 is 1.27 bits per heavy atom. The SMILES string of the molecule is O=COC[CH]c1ccccc1. The molecule has 0 saturated heterocycles. The van der Waals surface area contributed by atoms with Crippen molar-refractivity contribution in [1.29, 1.82) is 0 Å². The van der Waals surface area contributed by atoms with Gasteiger partial charge in [-0.15, -0.1) is 0 Å². The van der Waals surface area contributed by atoms with E-state index in [4.69, 9.17) is 0 Å². The largest absolute Gasteiger partial charge is 0.467 e. The molecule has 0 aliphatic carbocycles. The lowest BCUT2D eigenvalue weighted by atomic mass is 10.2. The van der Waals surface area contributed by atoms with Crippen LogP contribution in [0.2, 0.25) is 0 Å². The van der Waals surface area contributed by atoms with Gasteiger partial charge < -0.3 is 4.74 Å². The zero-order valence-electron chi connectivity index (χ0n) is 6.07. The molecule has 0 unspecified atom stereocenters. The van der Waals surface area contributed by atoms with E-state index >= 15 is 0 Å². The van der Waals surface area contributed by atoms with E-state index in [0.29, 0.717) is 13.1 Å². The van der Waals surface area contributed by atoms with E-state index in [1.165, 1.54) is 0 Å². The molecule has 1 aromatic carbocycles. The summed E-state index contributed by atoms with van der Waals surface area (Å²) in [5, 5.41) is 0. The van der Waals surface area contributed by atoms with E-state index in [1.807, 2.05) is 36.8 Å². The van der Waals surface area contributed by atoms with Crippen molar-refractivity contribution in [2.24, 2.45) is 0 Å². The highest BCUT2D eigenvalue weighted by molar-refractivity contribution is 5.37. The predicted octanol–water partition coefficient (Wildman–Crippen LogP) is 1.41. The minimum Gasteiger partial charge on any atom is -0.467 e. The lowest BCUT2D eigenvalue weighted by molar-refractivity contribution is -0.127. The number of hydrogen-bond acceptors (Lipinski definition) is 2. The van der Waals surface area contributed by atoms with Gasteiger partial charge in [-0.05, 0) is 5.56 Å². The monoisotopic (exact) mass is 149 g/mol. The summed E-state index contributed by atoms with van der Waals surface area (Å²) in [6.45, 7) is 0.785. The maximum absolute atomic E-state index is 9.75. The third-order valence-electron chi connectivity index (χ3n) is 1.28. The summed E-state index contributed by atoms with van der Waals surface area (Å²) in [6, 6.07) is 9.72. The molecule has 0 aliphatic heterocycles. The lowest BCUT2D eigenvalue weighted by Crippen LogP contribution is -1.92. The molecule has 57 valence electrons. The van der Waals surface area contributed by atoms with Gasteiger partial charge in [0.2, 0.25) is 0 Å². The third-order valence-corrected chi connectivity index (χ3v) is 1.28. The maximum atomic E-state index is 9.75. The highest BCUT2D eigenvalue weighted by Crippen LogP contribution is 2.00. The van der Waals surface area contributed by atoms with Crippen LogP contribution in [-0.2, 0) is 9.53 Å². The van der Waals surface area contributed by atoms with Crippen molar-refractivity contribution in [3.8, 4) is 0 Å². The zero-order valence-corrected chi connectivity index (χ0v) is 6.07. The van der Waals surface area contributed by atoms with Crippen molar-refractivity contribution in [1.82, 2.24) is 0 Å². The van der Waals surface area contributed by atoms with Crippen LogP contribution in [0.15, 0.2) is 30.3 Å². The van der Waals surface area contributed by atoms with Crippen molar-refractivity contribution in [3.63, 3.8) is 0 Å². The number of benzene rings is 1. The molecule has 0 spiro atoms. The minimum atomic E-state index is 0.341. The van der Waals surface area contributed by atoms with Gasteiger partial charge in [-0.2, -0.15) is 0 Å². The molecule has 0 atom stereocenters. The van der Waals surface area contributed by atoms with Crippen LogP contribution in [0.5, 0.6) is 0 Å². The summed E-state index contributed by atoms with van der Waals surface area (Å²) in [5.74, 6) is 0. The summed E-state index contributed by atoms with van der Waals surface area (Å²) in [7, 11) is 0. The summed E-state index contributed by atoms with van der Waals surface area (Å²) in [6.07, 6.45) is 1.84. The molecule has 2 heteroatoms. The van der Waals surface area contributed by atoms with Crippen LogP contribution >= 0.6 is 0 Å². The Hall–Kier alpha value is -1.31. The molecular formula is C9H9O2. The summed E-state index contributed by atoms with van der Waals surface area (Å²) in [4.78, 5) is 9.75. The molecule has 0 saturated carbocycles. The molecule has 11 heavy (non-hydrogen) atoms. The van der Waals surface area contributed by atoms with Gasteiger partial charge in [0.05, 0.1) is 6.61 Å².